The number of halogens is 2. The SMILES string of the molecule is O=S(=O)(NC1=NCCCCC1)c1ccc(NS(=O)(=O)c2ccc(Cl)c(Cl)c2)cc1. The standard InChI is InChI=1S/C18H19Cl2N3O4S2/c19-16-10-9-15(12-17(16)20)29(26,27)22-13-5-7-14(8-6-13)28(24,25)23-18-4-2-1-3-11-21-18/h5-10,12,22H,1-4,11H2,(H,21,23). The summed E-state index contributed by atoms with van der Waals surface area (Å²) in [5.74, 6) is 0.451. The van der Waals surface area contributed by atoms with Crippen LogP contribution in [0, 0.1) is 0 Å². The number of aliphatic imine (C=N–C) groups is 1. The van der Waals surface area contributed by atoms with Gasteiger partial charge < -0.3 is 0 Å². The number of benzene rings is 2. The van der Waals surface area contributed by atoms with Crippen LogP contribution in [0.3, 0.4) is 0 Å². The number of rotatable bonds is 5. The van der Waals surface area contributed by atoms with Gasteiger partial charge in [-0.15, -0.1) is 0 Å². The van der Waals surface area contributed by atoms with Crippen LogP contribution in [0.5, 0.6) is 0 Å². The summed E-state index contributed by atoms with van der Waals surface area (Å²) < 4.78 is 54.9. The molecule has 7 nitrogen and oxygen atoms in total. The summed E-state index contributed by atoms with van der Waals surface area (Å²) in [6.07, 6.45) is 3.43. The molecule has 11 heteroatoms. The van der Waals surface area contributed by atoms with Gasteiger partial charge in [0.25, 0.3) is 20.0 Å². The molecular weight excluding hydrogens is 457 g/mol. The minimum Gasteiger partial charge on any atom is -0.280 e. The molecule has 0 spiro atoms. The number of nitrogens with zero attached hydrogens (tertiary/aromatic N) is 1. The lowest BCUT2D eigenvalue weighted by Crippen LogP contribution is -2.30. The first kappa shape index (κ1) is 21.9. The maximum absolute atomic E-state index is 12.5. The molecular formula is C18H19Cl2N3O4S2. The molecule has 0 aliphatic carbocycles. The first-order valence-electron chi connectivity index (χ1n) is 8.81. The van der Waals surface area contributed by atoms with E-state index in [1.165, 1.54) is 42.5 Å². The van der Waals surface area contributed by atoms with Crippen LogP contribution in [0.25, 0.3) is 0 Å². The second-order valence-corrected chi connectivity index (χ2v) is 10.6. The summed E-state index contributed by atoms with van der Waals surface area (Å²) >= 11 is 11.7. The van der Waals surface area contributed by atoms with Gasteiger partial charge >= 0.3 is 0 Å². The van der Waals surface area contributed by atoms with Crippen LogP contribution < -0.4 is 9.44 Å². The fourth-order valence-electron chi connectivity index (χ4n) is 2.73. The fourth-order valence-corrected chi connectivity index (χ4v) is 5.27. The van der Waals surface area contributed by atoms with Crippen molar-refractivity contribution in [3.63, 3.8) is 0 Å². The van der Waals surface area contributed by atoms with E-state index in [2.05, 4.69) is 14.4 Å². The van der Waals surface area contributed by atoms with Gasteiger partial charge in [0.15, 0.2) is 0 Å². The summed E-state index contributed by atoms with van der Waals surface area (Å²) in [5.41, 5.74) is 0.210. The zero-order valence-corrected chi connectivity index (χ0v) is 18.4. The van der Waals surface area contributed by atoms with Crippen LogP contribution in [0.15, 0.2) is 57.2 Å². The molecule has 0 saturated heterocycles. The van der Waals surface area contributed by atoms with Crippen molar-refractivity contribution in [2.75, 3.05) is 11.3 Å². The number of anilines is 1. The molecule has 29 heavy (non-hydrogen) atoms. The lowest BCUT2D eigenvalue weighted by atomic mass is 10.2. The fraction of sp³-hybridized carbons (Fsp3) is 0.278. The van der Waals surface area contributed by atoms with Crippen LogP contribution in [-0.2, 0) is 20.0 Å². The minimum atomic E-state index is -3.90. The van der Waals surface area contributed by atoms with Gasteiger partial charge in [0, 0.05) is 18.7 Å². The van der Waals surface area contributed by atoms with Crippen LogP contribution in [0.2, 0.25) is 10.0 Å². The normalized spacial score (nSPS) is 15.3. The van der Waals surface area contributed by atoms with Gasteiger partial charge in [0.1, 0.15) is 5.84 Å². The highest BCUT2D eigenvalue weighted by molar-refractivity contribution is 7.92. The number of nitrogens with one attached hydrogen (secondary N) is 2. The average Bonchev–Trinajstić information content (AvgIpc) is 2.92. The number of hydrogen-bond donors (Lipinski definition) is 2. The quantitative estimate of drug-likeness (QED) is 0.680. The second kappa shape index (κ2) is 8.91. The minimum absolute atomic E-state index is 0.0157. The molecule has 0 fully saturated rings. The Morgan fingerprint density at radius 1 is 0.759 bits per heavy atom. The van der Waals surface area contributed by atoms with Crippen molar-refractivity contribution in [3.8, 4) is 0 Å². The Kier molecular flexibility index (Phi) is 6.72. The molecule has 2 aromatic rings. The van der Waals surface area contributed by atoms with E-state index in [4.69, 9.17) is 23.2 Å². The third-order valence-electron chi connectivity index (χ3n) is 4.24. The average molecular weight is 476 g/mol. The van der Waals surface area contributed by atoms with E-state index in [9.17, 15) is 16.8 Å². The van der Waals surface area contributed by atoms with Crippen molar-refractivity contribution < 1.29 is 16.8 Å². The lowest BCUT2D eigenvalue weighted by molar-refractivity contribution is 0.591. The second-order valence-electron chi connectivity index (χ2n) is 6.45. The van der Waals surface area contributed by atoms with Gasteiger partial charge in [-0.05, 0) is 55.3 Å². The Balaban J connectivity index is 1.75. The van der Waals surface area contributed by atoms with E-state index in [1.807, 2.05) is 0 Å². The van der Waals surface area contributed by atoms with Gasteiger partial charge in [0.05, 0.1) is 19.8 Å². The molecule has 2 N–H and O–H groups in total. The van der Waals surface area contributed by atoms with Crippen molar-refractivity contribution in [3.05, 3.63) is 52.5 Å². The Morgan fingerprint density at radius 2 is 1.41 bits per heavy atom. The Morgan fingerprint density at radius 3 is 2.10 bits per heavy atom. The van der Waals surface area contributed by atoms with Gasteiger partial charge in [-0.1, -0.05) is 29.6 Å². The van der Waals surface area contributed by atoms with Gasteiger partial charge in [-0.25, -0.2) is 16.8 Å². The summed E-state index contributed by atoms with van der Waals surface area (Å²) in [6.45, 7) is 0.604. The Bertz CT molecular complexity index is 1130. The predicted octanol–water partition coefficient (Wildman–Crippen LogP) is 4.05. The Labute approximate surface area is 180 Å². The highest BCUT2D eigenvalue weighted by atomic mass is 35.5. The maximum atomic E-state index is 12.5. The smallest absolute Gasteiger partial charge is 0.262 e. The van der Waals surface area contributed by atoms with Crippen molar-refractivity contribution >= 4 is 54.8 Å². The van der Waals surface area contributed by atoms with E-state index in [1.54, 1.807) is 0 Å². The summed E-state index contributed by atoms with van der Waals surface area (Å²) in [4.78, 5) is 4.22. The molecule has 0 unspecified atom stereocenters. The third-order valence-corrected chi connectivity index (χ3v) is 7.76. The van der Waals surface area contributed by atoms with Gasteiger partial charge in [0.2, 0.25) is 0 Å². The van der Waals surface area contributed by atoms with Crippen LogP contribution >= 0.6 is 23.2 Å². The van der Waals surface area contributed by atoms with Crippen LogP contribution in [0.4, 0.5) is 5.69 Å². The molecule has 1 aliphatic heterocycles. The largest absolute Gasteiger partial charge is 0.280 e. The first-order valence-corrected chi connectivity index (χ1v) is 12.5. The zero-order chi connectivity index (χ0) is 21.1. The molecule has 0 aromatic heterocycles. The van der Waals surface area contributed by atoms with E-state index in [-0.39, 0.29) is 25.5 Å². The Hall–Kier alpha value is -1.81. The van der Waals surface area contributed by atoms with Crippen molar-refractivity contribution in [1.82, 2.24) is 4.72 Å². The van der Waals surface area contributed by atoms with Gasteiger partial charge in [-0.3, -0.25) is 14.4 Å². The molecule has 0 saturated carbocycles. The lowest BCUT2D eigenvalue weighted by Gasteiger charge is -2.11. The van der Waals surface area contributed by atoms with Crippen molar-refractivity contribution in [2.45, 2.75) is 35.5 Å². The molecule has 0 bridgehead atoms. The zero-order valence-electron chi connectivity index (χ0n) is 15.2. The number of hydrogen-bond acceptors (Lipinski definition) is 5. The van der Waals surface area contributed by atoms with E-state index < -0.39 is 20.0 Å². The number of sulfonamides is 2. The third kappa shape index (κ3) is 5.63. The van der Waals surface area contributed by atoms with E-state index in [0.717, 1.165) is 19.3 Å². The highest BCUT2D eigenvalue weighted by Crippen LogP contribution is 2.26. The molecule has 2 aromatic carbocycles. The molecule has 156 valence electrons. The highest BCUT2D eigenvalue weighted by Gasteiger charge is 2.19. The number of amidine groups is 1. The maximum Gasteiger partial charge on any atom is 0.262 e. The summed E-state index contributed by atoms with van der Waals surface area (Å²) in [7, 11) is -7.69. The van der Waals surface area contributed by atoms with Gasteiger partial charge in [-0.2, -0.15) is 0 Å². The summed E-state index contributed by atoms with van der Waals surface area (Å²) in [5, 5.41) is 0.356. The monoisotopic (exact) mass is 475 g/mol. The van der Waals surface area contributed by atoms with Crippen molar-refractivity contribution in [2.24, 2.45) is 4.99 Å². The molecule has 1 heterocycles. The molecule has 1 aliphatic rings. The molecule has 0 radical (unpaired) electrons. The van der Waals surface area contributed by atoms with Crippen LogP contribution in [0.1, 0.15) is 25.7 Å². The molecule has 0 amide bonds. The summed E-state index contributed by atoms with van der Waals surface area (Å²) in [6, 6.07) is 9.35. The van der Waals surface area contributed by atoms with E-state index in [0.29, 0.717) is 18.8 Å². The topological polar surface area (TPSA) is 105 Å². The molecule has 3 rings (SSSR count). The predicted molar refractivity (Wildman–Crippen MR) is 115 cm³/mol. The van der Waals surface area contributed by atoms with Crippen LogP contribution in [-0.4, -0.2) is 29.2 Å². The first-order chi connectivity index (χ1) is 13.7. The molecule has 0 atom stereocenters. The van der Waals surface area contributed by atoms with E-state index >= 15 is 0 Å². The van der Waals surface area contributed by atoms with Crippen molar-refractivity contribution in [1.29, 1.82) is 0 Å².